The first-order valence-corrected chi connectivity index (χ1v) is 6.80. The van der Waals surface area contributed by atoms with Crippen molar-refractivity contribution in [1.29, 1.82) is 0 Å². The summed E-state index contributed by atoms with van der Waals surface area (Å²) in [5, 5.41) is 3.42. The number of rotatable bonds is 1. The summed E-state index contributed by atoms with van der Waals surface area (Å²) >= 11 is 3.47. The Bertz CT molecular complexity index is 388. The lowest BCUT2D eigenvalue weighted by molar-refractivity contribution is 0.599. The molecule has 0 saturated heterocycles. The number of aromatic nitrogens is 1. The van der Waals surface area contributed by atoms with E-state index in [1.807, 2.05) is 6.20 Å². The van der Waals surface area contributed by atoms with E-state index >= 15 is 0 Å². The van der Waals surface area contributed by atoms with Gasteiger partial charge in [-0.3, -0.25) is 0 Å². The summed E-state index contributed by atoms with van der Waals surface area (Å²) in [6.07, 6.45) is 7.31. The maximum Gasteiger partial charge on any atom is 0.152 e. The second kappa shape index (κ2) is 4.24. The fourth-order valence-corrected chi connectivity index (χ4v) is 3.11. The quantitative estimate of drug-likeness (QED) is 0.858. The number of hydrogen-bond donors (Lipinski definition) is 1. The fraction of sp³-hybridized carbons (Fsp3) is 0.583. The van der Waals surface area contributed by atoms with Gasteiger partial charge in [0.15, 0.2) is 5.82 Å². The van der Waals surface area contributed by atoms with Crippen LogP contribution in [0.4, 0.5) is 11.5 Å². The van der Waals surface area contributed by atoms with Gasteiger partial charge in [0.2, 0.25) is 0 Å². The van der Waals surface area contributed by atoms with Gasteiger partial charge in [0.25, 0.3) is 0 Å². The minimum Gasteiger partial charge on any atom is -0.380 e. The van der Waals surface area contributed by atoms with Gasteiger partial charge in [0, 0.05) is 29.8 Å². The van der Waals surface area contributed by atoms with Crippen molar-refractivity contribution in [2.24, 2.45) is 0 Å². The molecule has 16 heavy (non-hydrogen) atoms. The van der Waals surface area contributed by atoms with Crippen molar-refractivity contribution in [1.82, 2.24) is 4.98 Å². The molecule has 0 atom stereocenters. The number of nitrogens with zero attached hydrogens (tertiary/aromatic N) is 2. The summed E-state index contributed by atoms with van der Waals surface area (Å²) in [6, 6.07) is 2.85. The summed E-state index contributed by atoms with van der Waals surface area (Å²) < 4.78 is 1.05. The Morgan fingerprint density at radius 1 is 1.38 bits per heavy atom. The molecular formula is C12H16BrN3. The van der Waals surface area contributed by atoms with Crippen molar-refractivity contribution in [2.45, 2.75) is 31.7 Å². The Morgan fingerprint density at radius 2 is 2.19 bits per heavy atom. The molecule has 0 unspecified atom stereocenters. The highest BCUT2D eigenvalue weighted by Gasteiger charge is 2.27. The molecule has 1 aliphatic heterocycles. The van der Waals surface area contributed by atoms with Gasteiger partial charge in [0.1, 0.15) is 0 Å². The first-order chi connectivity index (χ1) is 7.84. The highest BCUT2D eigenvalue weighted by atomic mass is 79.9. The van der Waals surface area contributed by atoms with E-state index in [1.54, 1.807) is 0 Å². The molecule has 2 aliphatic rings. The summed E-state index contributed by atoms with van der Waals surface area (Å²) in [5.41, 5.74) is 1.17. The van der Waals surface area contributed by atoms with Crippen LogP contribution in [0.1, 0.15) is 25.7 Å². The third kappa shape index (κ3) is 1.79. The molecule has 1 saturated carbocycles. The van der Waals surface area contributed by atoms with E-state index in [9.17, 15) is 0 Å². The predicted molar refractivity (Wildman–Crippen MR) is 70.0 cm³/mol. The van der Waals surface area contributed by atoms with Crippen LogP contribution < -0.4 is 10.2 Å². The van der Waals surface area contributed by atoms with Gasteiger partial charge in [-0.05, 0) is 34.8 Å². The van der Waals surface area contributed by atoms with Crippen LogP contribution in [-0.2, 0) is 0 Å². The lowest BCUT2D eigenvalue weighted by Gasteiger charge is -2.35. The number of halogens is 1. The van der Waals surface area contributed by atoms with E-state index in [-0.39, 0.29) is 0 Å². The largest absolute Gasteiger partial charge is 0.380 e. The molecule has 3 nitrogen and oxygen atoms in total. The molecule has 1 N–H and O–H groups in total. The van der Waals surface area contributed by atoms with Crippen molar-refractivity contribution in [3.8, 4) is 0 Å². The number of nitrogens with one attached hydrogen (secondary N) is 1. The average molecular weight is 282 g/mol. The van der Waals surface area contributed by atoms with Gasteiger partial charge in [-0.1, -0.05) is 12.8 Å². The average Bonchev–Trinajstić information content (AvgIpc) is 2.81. The van der Waals surface area contributed by atoms with Crippen LogP contribution in [0, 0.1) is 0 Å². The summed E-state index contributed by atoms with van der Waals surface area (Å²) in [5.74, 6) is 1.14. The molecule has 1 aromatic rings. The first-order valence-electron chi connectivity index (χ1n) is 6.00. The minimum absolute atomic E-state index is 0.717. The number of fused-ring (bicyclic) bond motifs is 1. The van der Waals surface area contributed by atoms with E-state index in [0.29, 0.717) is 0 Å². The molecule has 2 heterocycles. The van der Waals surface area contributed by atoms with Crippen molar-refractivity contribution in [3.05, 3.63) is 16.7 Å². The standard InChI is InChI=1S/C12H16BrN3/c13-9-7-11-12(15-8-9)16(6-5-14-11)10-3-1-2-4-10/h7-8,10,14H,1-6H2. The molecule has 0 bridgehead atoms. The Morgan fingerprint density at radius 3 is 3.00 bits per heavy atom. The van der Waals surface area contributed by atoms with Crippen LogP contribution in [0.25, 0.3) is 0 Å². The van der Waals surface area contributed by atoms with Crippen LogP contribution in [0.3, 0.4) is 0 Å². The molecule has 1 aliphatic carbocycles. The van der Waals surface area contributed by atoms with Crippen LogP contribution in [0.5, 0.6) is 0 Å². The van der Waals surface area contributed by atoms with Crippen molar-refractivity contribution in [3.63, 3.8) is 0 Å². The summed E-state index contributed by atoms with van der Waals surface area (Å²) in [7, 11) is 0. The van der Waals surface area contributed by atoms with Crippen molar-refractivity contribution < 1.29 is 0 Å². The predicted octanol–water partition coefficient (Wildman–Crippen LogP) is 3.02. The van der Waals surface area contributed by atoms with Gasteiger partial charge in [-0.2, -0.15) is 0 Å². The summed E-state index contributed by atoms with van der Waals surface area (Å²) in [6.45, 7) is 2.12. The van der Waals surface area contributed by atoms with Crippen LogP contribution in [-0.4, -0.2) is 24.1 Å². The molecule has 86 valence electrons. The molecular weight excluding hydrogens is 266 g/mol. The van der Waals surface area contributed by atoms with Gasteiger partial charge in [-0.25, -0.2) is 4.98 Å². The third-order valence-corrected chi connectivity index (χ3v) is 3.97. The lowest BCUT2D eigenvalue weighted by Crippen LogP contribution is -2.41. The summed E-state index contributed by atoms with van der Waals surface area (Å²) in [4.78, 5) is 7.05. The Hall–Kier alpha value is -0.770. The Balaban J connectivity index is 1.93. The molecule has 1 aromatic heterocycles. The van der Waals surface area contributed by atoms with Crippen molar-refractivity contribution in [2.75, 3.05) is 23.3 Å². The fourth-order valence-electron chi connectivity index (χ4n) is 2.78. The topological polar surface area (TPSA) is 28.2 Å². The molecule has 0 radical (unpaired) electrons. The zero-order chi connectivity index (χ0) is 11.0. The molecule has 1 fully saturated rings. The monoisotopic (exact) mass is 281 g/mol. The second-order valence-corrected chi connectivity index (χ2v) is 5.50. The first kappa shape index (κ1) is 10.4. The van der Waals surface area contributed by atoms with E-state index in [4.69, 9.17) is 0 Å². The minimum atomic E-state index is 0.717. The van der Waals surface area contributed by atoms with E-state index < -0.39 is 0 Å². The van der Waals surface area contributed by atoms with Gasteiger partial charge in [0.05, 0.1) is 5.69 Å². The van der Waals surface area contributed by atoms with Crippen LogP contribution in [0.15, 0.2) is 16.7 Å². The number of hydrogen-bond acceptors (Lipinski definition) is 3. The van der Waals surface area contributed by atoms with Gasteiger partial charge >= 0.3 is 0 Å². The smallest absolute Gasteiger partial charge is 0.152 e. The Labute approximate surface area is 104 Å². The SMILES string of the molecule is Brc1cnc2c(c1)NCCN2C1CCCC1. The van der Waals surface area contributed by atoms with Gasteiger partial charge < -0.3 is 10.2 Å². The normalized spacial score (nSPS) is 20.7. The molecule has 0 aromatic carbocycles. The highest BCUT2D eigenvalue weighted by molar-refractivity contribution is 9.10. The number of anilines is 2. The van der Waals surface area contributed by atoms with Crippen LogP contribution >= 0.6 is 15.9 Å². The van der Waals surface area contributed by atoms with E-state index in [1.165, 1.54) is 31.4 Å². The molecule has 3 rings (SSSR count). The Kier molecular flexibility index (Phi) is 2.75. The maximum atomic E-state index is 4.56. The lowest BCUT2D eigenvalue weighted by atomic mass is 10.1. The molecule has 0 amide bonds. The highest BCUT2D eigenvalue weighted by Crippen LogP contribution is 2.34. The molecule has 0 spiro atoms. The van der Waals surface area contributed by atoms with E-state index in [2.05, 4.69) is 37.2 Å². The third-order valence-electron chi connectivity index (χ3n) is 3.54. The van der Waals surface area contributed by atoms with E-state index in [0.717, 1.165) is 29.4 Å². The number of pyridine rings is 1. The zero-order valence-corrected chi connectivity index (χ0v) is 10.8. The van der Waals surface area contributed by atoms with Gasteiger partial charge in [-0.15, -0.1) is 0 Å². The molecule has 4 heteroatoms. The maximum absolute atomic E-state index is 4.56. The second-order valence-electron chi connectivity index (χ2n) is 4.58. The van der Waals surface area contributed by atoms with Crippen LogP contribution in [0.2, 0.25) is 0 Å². The van der Waals surface area contributed by atoms with Crippen molar-refractivity contribution >= 4 is 27.4 Å². The zero-order valence-electron chi connectivity index (χ0n) is 9.25.